The molecule has 2 aromatic carbocycles. The third kappa shape index (κ3) is 5.96. The molecule has 33 heavy (non-hydrogen) atoms. The summed E-state index contributed by atoms with van der Waals surface area (Å²) in [4.78, 5) is 30.2. The third-order valence-corrected chi connectivity index (χ3v) is 6.54. The Bertz CT molecular complexity index is 958. The lowest BCUT2D eigenvalue weighted by Gasteiger charge is -2.35. The van der Waals surface area contributed by atoms with Crippen LogP contribution in [-0.2, 0) is 11.3 Å². The van der Waals surface area contributed by atoms with Gasteiger partial charge in [0.05, 0.1) is 0 Å². The van der Waals surface area contributed by atoms with E-state index in [1.807, 2.05) is 24.1 Å². The number of nitrogens with one attached hydrogen (secondary N) is 2. The van der Waals surface area contributed by atoms with Gasteiger partial charge in [-0.05, 0) is 48.9 Å². The van der Waals surface area contributed by atoms with Gasteiger partial charge in [0.15, 0.2) is 0 Å². The smallest absolute Gasteiger partial charge is 0.251 e. The van der Waals surface area contributed by atoms with E-state index >= 15 is 0 Å². The van der Waals surface area contributed by atoms with Crippen LogP contribution in [-0.4, -0.2) is 73.5 Å². The van der Waals surface area contributed by atoms with Gasteiger partial charge in [-0.1, -0.05) is 24.3 Å². The minimum Gasteiger partial charge on any atom is -0.339 e. The molecule has 0 radical (unpaired) electrons. The molecule has 4 N–H and O–H groups in total. The van der Waals surface area contributed by atoms with Crippen molar-refractivity contribution in [3.63, 3.8) is 0 Å². The van der Waals surface area contributed by atoms with Crippen LogP contribution in [0.5, 0.6) is 0 Å². The first-order valence-electron chi connectivity index (χ1n) is 11.5. The molecule has 7 nitrogen and oxygen atoms in total. The highest BCUT2D eigenvalue weighted by atomic mass is 19.1. The topological polar surface area (TPSA) is 90.7 Å². The number of nitrogens with two attached hydrogens (primary N) is 1. The number of carbonyl (C=O) groups excluding carboxylic acids is 2. The number of hydrogen-bond acceptors (Lipinski definition) is 5. The minimum atomic E-state index is -0.662. The van der Waals surface area contributed by atoms with E-state index in [0.717, 1.165) is 30.6 Å². The van der Waals surface area contributed by atoms with Gasteiger partial charge in [-0.25, -0.2) is 4.39 Å². The van der Waals surface area contributed by atoms with Gasteiger partial charge < -0.3 is 26.2 Å². The summed E-state index contributed by atoms with van der Waals surface area (Å²) in [6.07, 6.45) is 0.926. The van der Waals surface area contributed by atoms with Crippen molar-refractivity contribution in [1.29, 1.82) is 0 Å². The molecule has 2 amide bonds. The van der Waals surface area contributed by atoms with Gasteiger partial charge in [0.1, 0.15) is 11.9 Å². The summed E-state index contributed by atoms with van der Waals surface area (Å²) in [6, 6.07) is 13.2. The molecular formula is C25H32FN5O2. The lowest BCUT2D eigenvalue weighted by molar-refractivity contribution is -0.134. The zero-order chi connectivity index (χ0) is 23.4. The zero-order valence-electron chi connectivity index (χ0n) is 19.0. The van der Waals surface area contributed by atoms with E-state index in [-0.39, 0.29) is 23.7 Å². The van der Waals surface area contributed by atoms with Gasteiger partial charge in [-0.3, -0.25) is 9.59 Å². The second-order valence-corrected chi connectivity index (χ2v) is 8.96. The lowest BCUT2D eigenvalue weighted by atomic mass is 10.1. The highest BCUT2D eigenvalue weighted by Crippen LogP contribution is 2.40. The van der Waals surface area contributed by atoms with Crippen molar-refractivity contribution >= 4 is 11.8 Å². The van der Waals surface area contributed by atoms with E-state index in [0.29, 0.717) is 37.7 Å². The van der Waals surface area contributed by atoms with Gasteiger partial charge in [0.2, 0.25) is 5.91 Å². The Kier molecular flexibility index (Phi) is 7.37. The molecule has 0 spiro atoms. The molecule has 1 unspecified atom stereocenters. The van der Waals surface area contributed by atoms with Crippen LogP contribution in [0.2, 0.25) is 0 Å². The maximum Gasteiger partial charge on any atom is 0.251 e. The fourth-order valence-corrected chi connectivity index (χ4v) is 4.25. The van der Waals surface area contributed by atoms with Crippen LogP contribution in [0.1, 0.15) is 33.8 Å². The standard InChI is InChI=1S/C25H32FN5O2/c1-30-10-12-31(13-11-30)25(33)23(29-24(32)19-4-2-17(15-27)3-5-19)16-28-22-14-21(22)18-6-8-20(26)9-7-18/h2-9,21-23,28H,10-16,27H2,1H3,(H,29,32)/t21-,22+,23?/m0/s1. The number of piperazine rings is 1. The van der Waals surface area contributed by atoms with Crippen LogP contribution in [0.15, 0.2) is 48.5 Å². The lowest BCUT2D eigenvalue weighted by Crippen LogP contribution is -2.57. The van der Waals surface area contributed by atoms with E-state index in [2.05, 4.69) is 15.5 Å². The number of rotatable bonds is 8. The predicted octanol–water partition coefficient (Wildman–Crippen LogP) is 1.30. The number of hydrogen-bond donors (Lipinski definition) is 3. The van der Waals surface area contributed by atoms with Crippen molar-refractivity contribution < 1.29 is 14.0 Å². The molecule has 3 atom stereocenters. The first kappa shape index (κ1) is 23.4. The van der Waals surface area contributed by atoms with E-state index < -0.39 is 6.04 Å². The Morgan fingerprint density at radius 3 is 2.36 bits per heavy atom. The molecule has 1 saturated carbocycles. The highest BCUT2D eigenvalue weighted by Gasteiger charge is 2.39. The van der Waals surface area contributed by atoms with E-state index in [1.54, 1.807) is 24.3 Å². The summed E-state index contributed by atoms with van der Waals surface area (Å²) >= 11 is 0. The van der Waals surface area contributed by atoms with Crippen molar-refractivity contribution in [2.45, 2.75) is 31.0 Å². The molecule has 8 heteroatoms. The maximum atomic E-state index is 13.3. The molecule has 1 aliphatic carbocycles. The Morgan fingerprint density at radius 2 is 1.73 bits per heavy atom. The van der Waals surface area contributed by atoms with Crippen LogP contribution >= 0.6 is 0 Å². The Labute approximate surface area is 194 Å². The molecule has 0 bridgehead atoms. The average molecular weight is 454 g/mol. The molecule has 2 aromatic rings. The second-order valence-electron chi connectivity index (χ2n) is 8.96. The molecule has 4 rings (SSSR count). The molecule has 0 aromatic heterocycles. The fourth-order valence-electron chi connectivity index (χ4n) is 4.25. The van der Waals surface area contributed by atoms with Crippen LogP contribution in [0.3, 0.4) is 0 Å². The van der Waals surface area contributed by atoms with Gasteiger partial charge in [-0.15, -0.1) is 0 Å². The maximum absolute atomic E-state index is 13.3. The molecule has 176 valence electrons. The summed E-state index contributed by atoms with van der Waals surface area (Å²) in [5, 5.41) is 6.38. The van der Waals surface area contributed by atoms with Crippen LogP contribution in [0.4, 0.5) is 4.39 Å². The highest BCUT2D eigenvalue weighted by molar-refractivity contribution is 5.97. The van der Waals surface area contributed by atoms with E-state index in [1.165, 1.54) is 12.1 Å². The minimum absolute atomic E-state index is 0.0680. The third-order valence-electron chi connectivity index (χ3n) is 6.54. The van der Waals surface area contributed by atoms with E-state index in [4.69, 9.17) is 5.73 Å². The quantitative estimate of drug-likeness (QED) is 0.561. The van der Waals surface area contributed by atoms with Gasteiger partial charge in [0, 0.05) is 56.8 Å². The Balaban J connectivity index is 1.40. The normalized spacial score (nSPS) is 21.5. The number of benzene rings is 2. The Morgan fingerprint density at radius 1 is 1.06 bits per heavy atom. The van der Waals surface area contributed by atoms with E-state index in [9.17, 15) is 14.0 Å². The number of halogens is 1. The molecular weight excluding hydrogens is 421 g/mol. The monoisotopic (exact) mass is 453 g/mol. The van der Waals surface area contributed by atoms with Crippen molar-refractivity contribution in [2.24, 2.45) is 5.73 Å². The summed E-state index contributed by atoms with van der Waals surface area (Å²) in [5.41, 5.74) is 8.17. The molecule has 1 saturated heterocycles. The van der Waals surface area contributed by atoms with Crippen molar-refractivity contribution in [3.05, 3.63) is 71.0 Å². The summed E-state index contributed by atoms with van der Waals surface area (Å²) in [7, 11) is 2.04. The predicted molar refractivity (Wildman–Crippen MR) is 125 cm³/mol. The summed E-state index contributed by atoms with van der Waals surface area (Å²) in [6.45, 7) is 3.68. The average Bonchev–Trinajstić information content (AvgIpc) is 3.62. The first-order valence-corrected chi connectivity index (χ1v) is 11.5. The SMILES string of the molecule is CN1CCN(C(=O)C(CN[C@@H]2C[C@H]2c2ccc(F)cc2)NC(=O)c2ccc(CN)cc2)CC1. The number of nitrogens with zero attached hydrogens (tertiary/aromatic N) is 2. The summed E-state index contributed by atoms with van der Waals surface area (Å²) < 4.78 is 13.2. The van der Waals surface area contributed by atoms with Gasteiger partial charge in [0.25, 0.3) is 5.91 Å². The van der Waals surface area contributed by atoms with Crippen LogP contribution < -0.4 is 16.4 Å². The van der Waals surface area contributed by atoms with Crippen molar-refractivity contribution in [3.8, 4) is 0 Å². The molecule has 2 aliphatic rings. The second kappa shape index (κ2) is 10.4. The molecule has 1 aliphatic heterocycles. The number of likely N-dealkylation sites (N-methyl/N-ethyl adjacent to an activating group) is 1. The van der Waals surface area contributed by atoms with Crippen LogP contribution in [0.25, 0.3) is 0 Å². The fraction of sp³-hybridized carbons (Fsp3) is 0.440. The van der Waals surface area contributed by atoms with Gasteiger partial charge >= 0.3 is 0 Å². The largest absolute Gasteiger partial charge is 0.339 e. The molecule has 1 heterocycles. The number of carbonyl (C=O) groups is 2. The first-order chi connectivity index (χ1) is 15.9. The van der Waals surface area contributed by atoms with Crippen LogP contribution in [0, 0.1) is 5.82 Å². The number of amides is 2. The molecule has 2 fully saturated rings. The van der Waals surface area contributed by atoms with Gasteiger partial charge in [-0.2, -0.15) is 0 Å². The van der Waals surface area contributed by atoms with Crippen molar-refractivity contribution in [2.75, 3.05) is 39.8 Å². The Hall–Kier alpha value is -2.81. The summed E-state index contributed by atoms with van der Waals surface area (Å²) in [5.74, 6) is -0.298. The van der Waals surface area contributed by atoms with Crippen molar-refractivity contribution in [1.82, 2.24) is 20.4 Å². The zero-order valence-corrected chi connectivity index (χ0v) is 19.0.